The van der Waals surface area contributed by atoms with Crippen LogP contribution in [0.15, 0.2) is 41.8 Å². The first-order chi connectivity index (χ1) is 13.1. The summed E-state index contributed by atoms with van der Waals surface area (Å²) in [6.07, 6.45) is 0. The van der Waals surface area contributed by atoms with Gasteiger partial charge < -0.3 is 9.72 Å². The van der Waals surface area contributed by atoms with Crippen LogP contribution in [0, 0.1) is 6.92 Å². The molecule has 3 heterocycles. The summed E-state index contributed by atoms with van der Waals surface area (Å²) in [7, 11) is 0. The monoisotopic (exact) mass is 381 g/mol. The molecule has 0 saturated carbocycles. The Kier molecular flexibility index (Phi) is 4.51. The number of tetrazole rings is 1. The van der Waals surface area contributed by atoms with Crippen molar-refractivity contribution in [1.82, 2.24) is 25.2 Å². The maximum atomic E-state index is 12.5. The Morgan fingerprint density at radius 3 is 2.89 bits per heavy atom. The number of aryl methyl sites for hydroxylation is 1. The minimum Gasteiger partial charge on any atom is -0.456 e. The topological polar surface area (TPSA) is 103 Å². The average Bonchev–Trinajstić information content (AvgIpc) is 3.38. The molecule has 0 saturated heterocycles. The number of aromatic nitrogens is 5. The van der Waals surface area contributed by atoms with Crippen LogP contribution >= 0.6 is 11.3 Å². The Balaban J connectivity index is 1.39. The van der Waals surface area contributed by atoms with E-state index in [1.54, 1.807) is 0 Å². The third-order valence-electron chi connectivity index (χ3n) is 4.00. The quantitative estimate of drug-likeness (QED) is 0.407. The number of carbonyl (C=O) groups is 2. The lowest BCUT2D eigenvalue weighted by molar-refractivity contribution is -0.143. The number of ether oxygens (including phenoxy) is 1. The van der Waals surface area contributed by atoms with Gasteiger partial charge in [0.2, 0.25) is 11.6 Å². The van der Waals surface area contributed by atoms with Crippen LogP contribution in [-0.2, 0) is 16.1 Å². The van der Waals surface area contributed by atoms with E-state index >= 15 is 0 Å². The molecule has 9 heteroatoms. The van der Waals surface area contributed by atoms with E-state index in [1.165, 1.54) is 11.3 Å². The van der Waals surface area contributed by atoms with Gasteiger partial charge in [-0.05, 0) is 29.6 Å². The van der Waals surface area contributed by atoms with E-state index < -0.39 is 5.97 Å². The number of thiophene rings is 1. The second-order valence-corrected chi connectivity index (χ2v) is 6.82. The number of rotatable bonds is 6. The zero-order valence-corrected chi connectivity index (χ0v) is 15.2. The van der Waals surface area contributed by atoms with Gasteiger partial charge in [0.1, 0.15) is 0 Å². The largest absolute Gasteiger partial charge is 0.456 e. The third kappa shape index (κ3) is 3.49. The molecule has 1 aromatic carbocycles. The minimum atomic E-state index is -0.601. The summed E-state index contributed by atoms with van der Waals surface area (Å²) in [6.45, 7) is 1.27. The Hall–Kier alpha value is -3.33. The Morgan fingerprint density at radius 2 is 2.07 bits per heavy atom. The van der Waals surface area contributed by atoms with E-state index in [2.05, 4.69) is 20.4 Å². The molecule has 3 aromatic heterocycles. The lowest BCUT2D eigenvalue weighted by atomic mass is 10.1. The highest BCUT2D eigenvalue weighted by Gasteiger charge is 2.18. The molecule has 0 aliphatic heterocycles. The van der Waals surface area contributed by atoms with Crippen molar-refractivity contribution in [3.8, 4) is 10.7 Å². The molecule has 0 aliphatic rings. The number of aromatic amines is 1. The molecular weight excluding hydrogens is 366 g/mol. The van der Waals surface area contributed by atoms with Gasteiger partial charge in [0.05, 0.1) is 4.88 Å². The summed E-state index contributed by atoms with van der Waals surface area (Å²) in [6, 6.07) is 11.3. The number of H-pyrrole nitrogens is 1. The van der Waals surface area contributed by atoms with Gasteiger partial charge in [0, 0.05) is 22.2 Å². The summed E-state index contributed by atoms with van der Waals surface area (Å²) in [5.74, 6) is -0.414. The summed E-state index contributed by atoms with van der Waals surface area (Å²) in [4.78, 5) is 29.7. The number of esters is 1. The molecule has 8 nitrogen and oxygen atoms in total. The van der Waals surface area contributed by atoms with Crippen LogP contribution in [0.1, 0.15) is 16.1 Å². The molecule has 4 aromatic rings. The van der Waals surface area contributed by atoms with Crippen molar-refractivity contribution >= 4 is 34.0 Å². The predicted octanol–water partition coefficient (Wildman–Crippen LogP) is 2.62. The Morgan fingerprint density at radius 1 is 1.22 bits per heavy atom. The Labute approximate surface area is 157 Å². The molecule has 27 heavy (non-hydrogen) atoms. The molecule has 0 bridgehead atoms. The van der Waals surface area contributed by atoms with E-state index in [4.69, 9.17) is 4.74 Å². The number of nitrogens with one attached hydrogen (secondary N) is 1. The second-order valence-electron chi connectivity index (χ2n) is 5.88. The highest BCUT2D eigenvalue weighted by atomic mass is 32.1. The van der Waals surface area contributed by atoms with Crippen molar-refractivity contribution < 1.29 is 14.3 Å². The smallest absolute Gasteiger partial charge is 0.330 e. The highest BCUT2D eigenvalue weighted by molar-refractivity contribution is 7.13. The van der Waals surface area contributed by atoms with Gasteiger partial charge in [0.25, 0.3) is 0 Å². The number of nitrogens with zero attached hydrogens (tertiary/aromatic N) is 4. The maximum Gasteiger partial charge on any atom is 0.330 e. The number of carbonyl (C=O) groups excluding carboxylic acids is 2. The lowest BCUT2D eigenvalue weighted by Gasteiger charge is -2.04. The SMILES string of the molecule is Cc1[nH]c2ccccc2c1C(=O)COC(=O)Cn1nnc(-c2cccs2)n1. The van der Waals surface area contributed by atoms with Crippen LogP contribution < -0.4 is 0 Å². The molecule has 0 spiro atoms. The fourth-order valence-corrected chi connectivity index (χ4v) is 3.48. The molecule has 136 valence electrons. The molecule has 1 N–H and O–H groups in total. The zero-order valence-electron chi connectivity index (χ0n) is 14.4. The van der Waals surface area contributed by atoms with Crippen LogP contribution in [0.4, 0.5) is 0 Å². The van der Waals surface area contributed by atoms with E-state index in [1.807, 2.05) is 48.7 Å². The zero-order chi connectivity index (χ0) is 18.8. The number of benzene rings is 1. The first-order valence-corrected chi connectivity index (χ1v) is 9.07. The number of Topliss-reactive ketones (excluding diaryl/α,β-unsaturated/α-hetero) is 1. The number of ketones is 1. The molecule has 0 aliphatic carbocycles. The van der Waals surface area contributed by atoms with Crippen LogP contribution in [0.25, 0.3) is 21.6 Å². The standard InChI is InChI=1S/C18H15N5O3S/c1-11-17(12-5-2-3-6-13(12)19-11)14(24)10-26-16(25)9-23-21-18(20-22-23)15-7-4-8-27-15/h2-8,19H,9-10H2,1H3. The van der Waals surface area contributed by atoms with E-state index in [0.29, 0.717) is 11.4 Å². The van der Waals surface area contributed by atoms with Crippen molar-refractivity contribution in [2.24, 2.45) is 0 Å². The maximum absolute atomic E-state index is 12.5. The van der Waals surface area contributed by atoms with Gasteiger partial charge in [-0.3, -0.25) is 4.79 Å². The van der Waals surface area contributed by atoms with Crippen molar-refractivity contribution in [3.63, 3.8) is 0 Å². The number of para-hydroxylation sites is 1. The minimum absolute atomic E-state index is 0.210. The van der Waals surface area contributed by atoms with Crippen molar-refractivity contribution in [2.45, 2.75) is 13.5 Å². The molecule has 0 fully saturated rings. The first kappa shape index (κ1) is 17.1. The lowest BCUT2D eigenvalue weighted by Crippen LogP contribution is -2.20. The molecule has 4 rings (SSSR count). The summed E-state index contributed by atoms with van der Waals surface area (Å²) >= 11 is 1.48. The predicted molar refractivity (Wildman–Crippen MR) is 99.5 cm³/mol. The normalized spacial score (nSPS) is 11.0. The number of hydrogen-bond donors (Lipinski definition) is 1. The third-order valence-corrected chi connectivity index (χ3v) is 4.87. The van der Waals surface area contributed by atoms with Crippen LogP contribution in [0.2, 0.25) is 0 Å². The average molecular weight is 381 g/mol. The van der Waals surface area contributed by atoms with Gasteiger partial charge in [-0.15, -0.1) is 21.5 Å². The summed E-state index contributed by atoms with van der Waals surface area (Å²) < 4.78 is 5.11. The first-order valence-electron chi connectivity index (χ1n) is 8.19. The highest BCUT2D eigenvalue weighted by Crippen LogP contribution is 2.22. The van der Waals surface area contributed by atoms with Crippen LogP contribution in [0.3, 0.4) is 0 Å². The number of hydrogen-bond acceptors (Lipinski definition) is 7. The number of fused-ring (bicyclic) bond motifs is 1. The van der Waals surface area contributed by atoms with Crippen molar-refractivity contribution in [1.29, 1.82) is 0 Å². The molecule has 0 radical (unpaired) electrons. The molecule has 0 amide bonds. The van der Waals surface area contributed by atoms with E-state index in [0.717, 1.165) is 26.3 Å². The Bertz CT molecular complexity index is 1110. The molecular formula is C18H15N5O3S. The van der Waals surface area contributed by atoms with Gasteiger partial charge in [0.15, 0.2) is 13.2 Å². The fourth-order valence-electron chi connectivity index (χ4n) is 2.83. The summed E-state index contributed by atoms with van der Waals surface area (Å²) in [5, 5.41) is 14.6. The van der Waals surface area contributed by atoms with Crippen LogP contribution in [-0.4, -0.2) is 43.6 Å². The van der Waals surface area contributed by atoms with Gasteiger partial charge >= 0.3 is 5.97 Å². The van der Waals surface area contributed by atoms with E-state index in [9.17, 15) is 9.59 Å². The summed E-state index contributed by atoms with van der Waals surface area (Å²) in [5.41, 5.74) is 2.16. The van der Waals surface area contributed by atoms with Crippen LogP contribution in [0.5, 0.6) is 0 Å². The fraction of sp³-hybridized carbons (Fsp3) is 0.167. The molecule has 0 atom stereocenters. The van der Waals surface area contributed by atoms with Gasteiger partial charge in [-0.1, -0.05) is 24.3 Å². The van der Waals surface area contributed by atoms with Gasteiger partial charge in [-0.25, -0.2) is 4.79 Å². The second kappa shape index (κ2) is 7.12. The van der Waals surface area contributed by atoms with Crippen molar-refractivity contribution in [3.05, 3.63) is 53.0 Å². The van der Waals surface area contributed by atoms with Gasteiger partial charge in [-0.2, -0.15) is 4.80 Å². The van der Waals surface area contributed by atoms with E-state index in [-0.39, 0.29) is 18.9 Å². The molecule has 0 unspecified atom stereocenters. The van der Waals surface area contributed by atoms with Crippen molar-refractivity contribution in [2.75, 3.05) is 6.61 Å².